The highest BCUT2D eigenvalue weighted by Gasteiger charge is 2.29. The van der Waals surface area contributed by atoms with Gasteiger partial charge in [0.1, 0.15) is 12.4 Å². The number of benzene rings is 3. The summed E-state index contributed by atoms with van der Waals surface area (Å²) in [6.45, 7) is 1.95. The Bertz CT molecular complexity index is 1230. The molecular weight excluding hydrogens is 451 g/mol. The van der Waals surface area contributed by atoms with Gasteiger partial charge < -0.3 is 20.5 Å². The van der Waals surface area contributed by atoms with Crippen molar-refractivity contribution < 1.29 is 28.6 Å². The zero-order chi connectivity index (χ0) is 24.9. The summed E-state index contributed by atoms with van der Waals surface area (Å²) in [5, 5.41) is 14.1. The first kappa shape index (κ1) is 23.9. The van der Waals surface area contributed by atoms with Gasteiger partial charge in [-0.1, -0.05) is 55.5 Å². The Hall–Kier alpha value is -4.20. The Morgan fingerprint density at radius 2 is 1.63 bits per heavy atom. The third kappa shape index (κ3) is 5.32. The van der Waals surface area contributed by atoms with E-state index in [0.717, 1.165) is 40.5 Å². The van der Waals surface area contributed by atoms with Crippen molar-refractivity contribution >= 4 is 23.7 Å². The smallest absolute Gasteiger partial charge is 0.407 e. The monoisotopic (exact) mass is 476 g/mol. The van der Waals surface area contributed by atoms with E-state index in [4.69, 9.17) is 9.84 Å². The third-order valence-corrected chi connectivity index (χ3v) is 6.08. The molecule has 2 amide bonds. The van der Waals surface area contributed by atoms with Gasteiger partial charge in [-0.25, -0.2) is 14.0 Å². The maximum Gasteiger partial charge on any atom is 0.407 e. The number of aromatic carboxylic acids is 1. The number of amides is 2. The number of carbonyl (C=O) groups excluding carboxylic acids is 2. The van der Waals surface area contributed by atoms with E-state index in [0.29, 0.717) is 6.42 Å². The van der Waals surface area contributed by atoms with Gasteiger partial charge in [-0.15, -0.1) is 0 Å². The average molecular weight is 477 g/mol. The van der Waals surface area contributed by atoms with Gasteiger partial charge in [0.2, 0.25) is 5.91 Å². The molecule has 3 N–H and O–H groups in total. The number of fused-ring (bicyclic) bond motifs is 3. The second-order valence-corrected chi connectivity index (χ2v) is 8.33. The third-order valence-electron chi connectivity index (χ3n) is 6.08. The summed E-state index contributed by atoms with van der Waals surface area (Å²) in [5.41, 5.74) is 4.06. The minimum absolute atomic E-state index is 0.0824. The zero-order valence-corrected chi connectivity index (χ0v) is 19.1. The summed E-state index contributed by atoms with van der Waals surface area (Å²) in [4.78, 5) is 36.0. The highest BCUT2D eigenvalue weighted by Crippen LogP contribution is 2.44. The Kier molecular flexibility index (Phi) is 7.10. The van der Waals surface area contributed by atoms with Gasteiger partial charge in [0.05, 0.1) is 11.3 Å². The average Bonchev–Trinajstić information content (AvgIpc) is 3.17. The first-order chi connectivity index (χ1) is 16.9. The van der Waals surface area contributed by atoms with E-state index in [2.05, 4.69) is 22.8 Å². The molecule has 0 radical (unpaired) electrons. The van der Waals surface area contributed by atoms with Gasteiger partial charge in [0, 0.05) is 18.4 Å². The van der Waals surface area contributed by atoms with Gasteiger partial charge in [-0.2, -0.15) is 0 Å². The van der Waals surface area contributed by atoms with Crippen LogP contribution in [-0.2, 0) is 9.53 Å². The minimum atomic E-state index is -1.23. The van der Waals surface area contributed by atoms with E-state index >= 15 is 0 Å². The second-order valence-electron chi connectivity index (χ2n) is 8.33. The van der Waals surface area contributed by atoms with Crippen LogP contribution in [0.15, 0.2) is 66.7 Å². The van der Waals surface area contributed by atoms with E-state index in [1.165, 1.54) is 0 Å². The molecule has 7 nitrogen and oxygen atoms in total. The lowest BCUT2D eigenvalue weighted by Crippen LogP contribution is -2.38. The van der Waals surface area contributed by atoms with Crippen molar-refractivity contribution in [1.82, 2.24) is 5.32 Å². The summed E-state index contributed by atoms with van der Waals surface area (Å²) >= 11 is 0. The van der Waals surface area contributed by atoms with Gasteiger partial charge in [-0.05, 0) is 46.9 Å². The van der Waals surface area contributed by atoms with Crippen molar-refractivity contribution in [3.8, 4) is 11.1 Å². The van der Waals surface area contributed by atoms with Crippen molar-refractivity contribution in [3.05, 3.63) is 89.2 Å². The van der Waals surface area contributed by atoms with Gasteiger partial charge >= 0.3 is 12.1 Å². The molecule has 3 aromatic carbocycles. The van der Waals surface area contributed by atoms with Gasteiger partial charge in [-0.3, -0.25) is 4.79 Å². The molecule has 1 aliphatic rings. The Morgan fingerprint density at radius 1 is 1.00 bits per heavy atom. The molecule has 1 aliphatic carbocycles. The number of alkyl carbamates (subject to hydrolysis) is 1. The molecule has 0 heterocycles. The van der Waals surface area contributed by atoms with Crippen LogP contribution < -0.4 is 10.6 Å². The molecule has 1 atom stereocenters. The van der Waals surface area contributed by atoms with E-state index in [-0.39, 0.29) is 30.2 Å². The maximum absolute atomic E-state index is 14.0. The molecular formula is C27H25FN2O5. The first-order valence-corrected chi connectivity index (χ1v) is 11.3. The number of hydrogen-bond donors (Lipinski definition) is 3. The lowest BCUT2D eigenvalue weighted by Gasteiger charge is -2.19. The van der Waals surface area contributed by atoms with Crippen LogP contribution in [0.25, 0.3) is 11.1 Å². The van der Waals surface area contributed by atoms with Crippen LogP contribution in [0.4, 0.5) is 14.9 Å². The molecule has 180 valence electrons. The standard InChI is InChI=1S/C27H25FN2O5/c1-2-17(14-25(31)30-24-13-16(26(32)33)11-12-23(24)28)29-27(34)35-15-22-20-9-5-3-7-18(20)19-8-4-6-10-21(19)22/h3-13,17,22H,2,14-15H2,1H3,(H,29,34)(H,30,31)(H,32,33)/t17-/m1/s1. The number of carboxylic acids is 1. The first-order valence-electron chi connectivity index (χ1n) is 11.3. The summed E-state index contributed by atoms with van der Waals surface area (Å²) in [6.07, 6.45) is -0.335. The molecule has 0 aliphatic heterocycles. The molecule has 8 heteroatoms. The largest absolute Gasteiger partial charge is 0.478 e. The molecule has 0 fully saturated rings. The van der Waals surface area contributed by atoms with E-state index in [1.807, 2.05) is 36.4 Å². The minimum Gasteiger partial charge on any atom is -0.478 e. The Morgan fingerprint density at radius 3 is 2.23 bits per heavy atom. The fraction of sp³-hybridized carbons (Fsp3) is 0.222. The molecule has 3 aromatic rings. The number of carbonyl (C=O) groups is 3. The fourth-order valence-electron chi connectivity index (χ4n) is 4.28. The molecule has 4 rings (SSSR count). The lowest BCUT2D eigenvalue weighted by atomic mass is 9.98. The number of nitrogens with one attached hydrogen (secondary N) is 2. The highest BCUT2D eigenvalue weighted by atomic mass is 19.1. The molecule has 0 aromatic heterocycles. The number of hydrogen-bond acceptors (Lipinski definition) is 4. The van der Waals surface area contributed by atoms with Crippen LogP contribution in [0.3, 0.4) is 0 Å². The van der Waals surface area contributed by atoms with Crippen LogP contribution >= 0.6 is 0 Å². The summed E-state index contributed by atoms with van der Waals surface area (Å²) in [6, 6.07) is 18.6. The van der Waals surface area contributed by atoms with Crippen molar-refractivity contribution in [2.45, 2.75) is 31.7 Å². The molecule has 35 heavy (non-hydrogen) atoms. The summed E-state index contributed by atoms with van der Waals surface area (Å²) in [5.74, 6) is -2.62. The number of rotatable bonds is 8. The summed E-state index contributed by atoms with van der Waals surface area (Å²) < 4.78 is 19.5. The number of carboxylic acid groups (broad SMARTS) is 1. The maximum atomic E-state index is 14.0. The molecule has 0 saturated heterocycles. The van der Waals surface area contributed by atoms with E-state index in [1.54, 1.807) is 6.92 Å². The normalized spacial score (nSPS) is 12.9. The van der Waals surface area contributed by atoms with E-state index in [9.17, 15) is 18.8 Å². The summed E-state index contributed by atoms with van der Waals surface area (Å²) in [7, 11) is 0. The van der Waals surface area contributed by atoms with E-state index < -0.39 is 29.8 Å². The number of ether oxygens (including phenoxy) is 1. The Labute approximate surface area is 201 Å². The Balaban J connectivity index is 1.34. The van der Waals surface area contributed by atoms with Crippen molar-refractivity contribution in [1.29, 1.82) is 0 Å². The van der Waals surface area contributed by atoms with Crippen LogP contribution in [0, 0.1) is 5.82 Å². The lowest BCUT2D eigenvalue weighted by molar-refractivity contribution is -0.116. The topological polar surface area (TPSA) is 105 Å². The SMILES string of the molecule is CC[C@H](CC(=O)Nc1cc(C(=O)O)ccc1F)NC(=O)OCC1c2ccccc2-c2ccccc21. The predicted molar refractivity (Wildman–Crippen MR) is 129 cm³/mol. The zero-order valence-electron chi connectivity index (χ0n) is 19.1. The van der Waals surface area contributed by atoms with Gasteiger partial charge in [0.25, 0.3) is 0 Å². The van der Waals surface area contributed by atoms with Crippen molar-refractivity contribution in [2.75, 3.05) is 11.9 Å². The van der Waals surface area contributed by atoms with Crippen molar-refractivity contribution in [2.24, 2.45) is 0 Å². The van der Waals surface area contributed by atoms with Crippen LogP contribution in [0.2, 0.25) is 0 Å². The van der Waals surface area contributed by atoms with Crippen LogP contribution in [0.5, 0.6) is 0 Å². The number of halogens is 1. The fourth-order valence-corrected chi connectivity index (χ4v) is 4.28. The van der Waals surface area contributed by atoms with Crippen LogP contribution in [0.1, 0.15) is 47.2 Å². The van der Waals surface area contributed by atoms with Crippen LogP contribution in [-0.4, -0.2) is 35.7 Å². The predicted octanol–water partition coefficient (Wildman–Crippen LogP) is 5.17. The van der Waals surface area contributed by atoms with Crippen molar-refractivity contribution in [3.63, 3.8) is 0 Å². The molecule has 0 bridgehead atoms. The molecule has 0 unspecified atom stereocenters. The number of anilines is 1. The highest BCUT2D eigenvalue weighted by molar-refractivity contribution is 5.94. The molecule has 0 spiro atoms. The van der Waals surface area contributed by atoms with Gasteiger partial charge in [0.15, 0.2) is 0 Å². The molecule has 0 saturated carbocycles. The quantitative estimate of drug-likeness (QED) is 0.416. The second kappa shape index (κ2) is 10.4.